The SMILES string of the molecule is CCOc1cc(CNCc2csc(N)n2)cc(Cl)c1OC(C)=O. The standard InChI is InChI=1S/C15H18ClN3O3S/c1-3-21-13-5-10(4-12(16)14(13)22-9(2)20)6-18-7-11-8-23-15(17)19-11/h4-5,8,18H,3,6-7H2,1-2H3,(H2,17,19). The summed E-state index contributed by atoms with van der Waals surface area (Å²) >= 11 is 7.61. The van der Waals surface area contributed by atoms with E-state index in [-0.39, 0.29) is 5.75 Å². The van der Waals surface area contributed by atoms with E-state index in [1.807, 2.05) is 12.3 Å². The summed E-state index contributed by atoms with van der Waals surface area (Å²) in [5.41, 5.74) is 7.40. The van der Waals surface area contributed by atoms with Crippen LogP contribution in [0.5, 0.6) is 11.5 Å². The van der Waals surface area contributed by atoms with Gasteiger partial charge in [-0.1, -0.05) is 11.6 Å². The molecule has 0 aliphatic rings. The fraction of sp³-hybridized carbons (Fsp3) is 0.333. The van der Waals surface area contributed by atoms with Crippen LogP contribution >= 0.6 is 22.9 Å². The molecule has 0 amide bonds. The third-order valence-corrected chi connectivity index (χ3v) is 3.82. The largest absolute Gasteiger partial charge is 0.490 e. The van der Waals surface area contributed by atoms with Gasteiger partial charge in [0.15, 0.2) is 16.6 Å². The number of hydrogen-bond donors (Lipinski definition) is 2. The predicted molar refractivity (Wildman–Crippen MR) is 91.0 cm³/mol. The molecule has 0 atom stereocenters. The Hall–Kier alpha value is -1.83. The molecule has 8 heteroatoms. The fourth-order valence-corrected chi connectivity index (χ4v) is 2.80. The van der Waals surface area contributed by atoms with Gasteiger partial charge in [-0.3, -0.25) is 4.79 Å². The van der Waals surface area contributed by atoms with Crippen LogP contribution in [0.4, 0.5) is 5.13 Å². The number of aromatic nitrogens is 1. The summed E-state index contributed by atoms with van der Waals surface area (Å²) in [6.07, 6.45) is 0. The molecule has 124 valence electrons. The number of carbonyl (C=O) groups excluding carboxylic acids is 1. The Kier molecular flexibility index (Phi) is 6.20. The average molecular weight is 356 g/mol. The molecule has 1 aromatic carbocycles. The number of hydrogen-bond acceptors (Lipinski definition) is 7. The Morgan fingerprint density at radius 3 is 2.83 bits per heavy atom. The van der Waals surface area contributed by atoms with E-state index < -0.39 is 5.97 Å². The molecule has 1 aromatic heterocycles. The number of anilines is 1. The zero-order chi connectivity index (χ0) is 16.8. The van der Waals surface area contributed by atoms with Gasteiger partial charge in [0.1, 0.15) is 0 Å². The quantitative estimate of drug-likeness (QED) is 0.586. The van der Waals surface area contributed by atoms with Crippen molar-refractivity contribution in [1.82, 2.24) is 10.3 Å². The molecule has 0 radical (unpaired) electrons. The number of nitrogens with two attached hydrogens (primary N) is 1. The Morgan fingerprint density at radius 2 is 2.22 bits per heavy atom. The fourth-order valence-electron chi connectivity index (χ4n) is 1.97. The lowest BCUT2D eigenvalue weighted by molar-refractivity contribution is -0.132. The van der Waals surface area contributed by atoms with Crippen molar-refractivity contribution >= 4 is 34.0 Å². The summed E-state index contributed by atoms with van der Waals surface area (Å²) < 4.78 is 10.6. The molecule has 23 heavy (non-hydrogen) atoms. The number of ether oxygens (including phenoxy) is 2. The maximum absolute atomic E-state index is 11.2. The highest BCUT2D eigenvalue weighted by Crippen LogP contribution is 2.36. The lowest BCUT2D eigenvalue weighted by atomic mass is 10.2. The summed E-state index contributed by atoms with van der Waals surface area (Å²) in [5, 5.41) is 6.05. The van der Waals surface area contributed by atoms with Gasteiger partial charge in [0.25, 0.3) is 0 Å². The smallest absolute Gasteiger partial charge is 0.308 e. The highest BCUT2D eigenvalue weighted by Gasteiger charge is 2.14. The monoisotopic (exact) mass is 355 g/mol. The zero-order valence-electron chi connectivity index (χ0n) is 12.9. The van der Waals surface area contributed by atoms with E-state index in [1.165, 1.54) is 18.3 Å². The average Bonchev–Trinajstić information content (AvgIpc) is 2.88. The Balaban J connectivity index is 2.07. The lowest BCUT2D eigenvalue weighted by Crippen LogP contribution is -2.13. The van der Waals surface area contributed by atoms with Gasteiger partial charge in [-0.05, 0) is 24.6 Å². The number of halogens is 1. The number of thiazole rings is 1. The topological polar surface area (TPSA) is 86.5 Å². The Morgan fingerprint density at radius 1 is 1.43 bits per heavy atom. The Labute approximate surface area is 143 Å². The molecule has 0 spiro atoms. The van der Waals surface area contributed by atoms with Gasteiger partial charge in [0.2, 0.25) is 0 Å². The third-order valence-electron chi connectivity index (χ3n) is 2.82. The zero-order valence-corrected chi connectivity index (χ0v) is 14.5. The van der Waals surface area contributed by atoms with Crippen molar-refractivity contribution in [2.75, 3.05) is 12.3 Å². The number of nitrogens with one attached hydrogen (secondary N) is 1. The minimum Gasteiger partial charge on any atom is -0.490 e. The molecule has 2 rings (SSSR count). The van der Waals surface area contributed by atoms with Crippen molar-refractivity contribution in [3.63, 3.8) is 0 Å². The van der Waals surface area contributed by atoms with E-state index in [2.05, 4.69) is 10.3 Å². The highest BCUT2D eigenvalue weighted by molar-refractivity contribution is 7.13. The number of benzene rings is 1. The van der Waals surface area contributed by atoms with Gasteiger partial charge in [-0.2, -0.15) is 0 Å². The third kappa shape index (κ3) is 5.09. The first-order valence-electron chi connectivity index (χ1n) is 7.03. The molecule has 0 fully saturated rings. The molecule has 0 bridgehead atoms. The molecule has 0 aliphatic heterocycles. The van der Waals surface area contributed by atoms with E-state index in [0.717, 1.165) is 11.3 Å². The second-order valence-corrected chi connectivity index (χ2v) is 6.01. The number of rotatable bonds is 7. The first kappa shape index (κ1) is 17.5. The minimum absolute atomic E-state index is 0.247. The van der Waals surface area contributed by atoms with Gasteiger partial charge >= 0.3 is 5.97 Å². The van der Waals surface area contributed by atoms with E-state index >= 15 is 0 Å². The Bertz CT molecular complexity index is 691. The van der Waals surface area contributed by atoms with Crippen molar-refractivity contribution in [2.45, 2.75) is 26.9 Å². The van der Waals surface area contributed by atoms with Crippen LogP contribution in [-0.4, -0.2) is 17.6 Å². The first-order chi connectivity index (χ1) is 11.0. The molecule has 6 nitrogen and oxygen atoms in total. The molecule has 0 aliphatic carbocycles. The van der Waals surface area contributed by atoms with Crippen molar-refractivity contribution in [3.05, 3.63) is 33.8 Å². The summed E-state index contributed by atoms with van der Waals surface area (Å²) in [6, 6.07) is 3.54. The minimum atomic E-state index is -0.445. The predicted octanol–water partition coefficient (Wildman–Crippen LogP) is 2.99. The van der Waals surface area contributed by atoms with Crippen molar-refractivity contribution < 1.29 is 14.3 Å². The number of carbonyl (C=O) groups is 1. The van der Waals surface area contributed by atoms with Gasteiger partial charge in [-0.15, -0.1) is 11.3 Å². The van der Waals surface area contributed by atoms with Crippen molar-refractivity contribution in [3.8, 4) is 11.5 Å². The molecule has 1 heterocycles. The van der Waals surface area contributed by atoms with E-state index in [9.17, 15) is 4.79 Å². The van der Waals surface area contributed by atoms with Crippen molar-refractivity contribution in [2.24, 2.45) is 0 Å². The maximum Gasteiger partial charge on any atom is 0.308 e. The van der Waals surface area contributed by atoms with Crippen LogP contribution < -0.4 is 20.5 Å². The molecule has 2 aromatic rings. The summed E-state index contributed by atoms with van der Waals surface area (Å²) in [5.74, 6) is 0.252. The highest BCUT2D eigenvalue weighted by atomic mass is 35.5. The number of esters is 1. The van der Waals surface area contributed by atoms with Gasteiger partial charge in [-0.25, -0.2) is 4.98 Å². The van der Waals surface area contributed by atoms with E-state index in [0.29, 0.717) is 35.6 Å². The van der Waals surface area contributed by atoms with Crippen LogP contribution in [0.2, 0.25) is 5.02 Å². The van der Waals surface area contributed by atoms with E-state index in [4.69, 9.17) is 26.8 Å². The van der Waals surface area contributed by atoms with Gasteiger partial charge < -0.3 is 20.5 Å². The molecule has 0 unspecified atom stereocenters. The summed E-state index contributed by atoms with van der Waals surface area (Å²) in [7, 11) is 0. The molecule has 0 saturated carbocycles. The molecule has 0 saturated heterocycles. The van der Waals surface area contributed by atoms with E-state index in [1.54, 1.807) is 12.1 Å². The first-order valence-corrected chi connectivity index (χ1v) is 8.29. The number of nitrogen functional groups attached to an aromatic ring is 1. The second kappa shape index (κ2) is 8.14. The van der Waals surface area contributed by atoms with Crippen LogP contribution in [0.15, 0.2) is 17.5 Å². The van der Waals surface area contributed by atoms with Crippen LogP contribution in [0.3, 0.4) is 0 Å². The van der Waals surface area contributed by atoms with Crippen LogP contribution in [0.1, 0.15) is 25.1 Å². The van der Waals surface area contributed by atoms with Crippen LogP contribution in [0.25, 0.3) is 0 Å². The lowest BCUT2D eigenvalue weighted by Gasteiger charge is -2.13. The van der Waals surface area contributed by atoms with Crippen molar-refractivity contribution in [1.29, 1.82) is 0 Å². The normalized spacial score (nSPS) is 10.6. The maximum atomic E-state index is 11.2. The van der Waals surface area contributed by atoms with Gasteiger partial charge in [0, 0.05) is 25.4 Å². The van der Waals surface area contributed by atoms with Crippen LogP contribution in [0, 0.1) is 0 Å². The molecular formula is C15H18ClN3O3S. The summed E-state index contributed by atoms with van der Waals surface area (Å²) in [4.78, 5) is 15.4. The number of nitrogens with zero attached hydrogens (tertiary/aromatic N) is 1. The van der Waals surface area contributed by atoms with Crippen LogP contribution in [-0.2, 0) is 17.9 Å². The van der Waals surface area contributed by atoms with Gasteiger partial charge in [0.05, 0.1) is 17.3 Å². The summed E-state index contributed by atoms with van der Waals surface area (Å²) in [6.45, 7) is 4.78. The second-order valence-electron chi connectivity index (χ2n) is 4.71. The molecule has 3 N–H and O–H groups in total. The molecular weight excluding hydrogens is 338 g/mol.